The number of Topliss-reactive ketones (excluding diaryl/α,β-unsaturated/α-hetero) is 1. The molecule has 0 saturated heterocycles. The van der Waals surface area contributed by atoms with Gasteiger partial charge in [-0.05, 0) is 57.2 Å². The summed E-state index contributed by atoms with van der Waals surface area (Å²) >= 11 is 0. The number of hydrazine groups is 1. The van der Waals surface area contributed by atoms with Crippen LogP contribution < -0.4 is 15.8 Å². The molecule has 0 atom stereocenters. The standard InChI is InChI=1S/C19H19FN4O2/c1-12(25)13-5-4-6-16(11-13)24-19(2,3)22-17(23-24)18(26)21-15-9-7-14(20)8-10-15/h4-11H,1-3H3,(H,21,26)(H,22,23). The van der Waals surface area contributed by atoms with E-state index in [0.29, 0.717) is 11.3 Å². The molecule has 0 aromatic heterocycles. The highest BCUT2D eigenvalue weighted by Gasteiger charge is 2.36. The molecular formula is C19H19FN4O2. The smallest absolute Gasteiger partial charge is 0.292 e. The summed E-state index contributed by atoms with van der Waals surface area (Å²) in [5, 5.41) is 4.39. The zero-order valence-electron chi connectivity index (χ0n) is 14.7. The SMILES string of the molecule is CC(=O)c1cccc(N2NC(C(=O)Nc3ccc(F)cc3)=NC2(C)C)c1. The van der Waals surface area contributed by atoms with Crippen molar-refractivity contribution in [3.63, 3.8) is 0 Å². The predicted octanol–water partition coefficient (Wildman–Crippen LogP) is 3.13. The zero-order chi connectivity index (χ0) is 18.9. The van der Waals surface area contributed by atoms with Gasteiger partial charge in [-0.25, -0.2) is 9.38 Å². The molecule has 2 aromatic rings. The minimum Gasteiger partial charge on any atom is -0.319 e. The molecule has 2 N–H and O–H groups in total. The van der Waals surface area contributed by atoms with Crippen molar-refractivity contribution in [1.29, 1.82) is 0 Å². The highest BCUT2D eigenvalue weighted by Crippen LogP contribution is 2.28. The number of hydrogen-bond acceptors (Lipinski definition) is 5. The number of rotatable bonds is 4. The molecule has 26 heavy (non-hydrogen) atoms. The number of halogens is 1. The number of aliphatic imine (C=N–C) groups is 1. The van der Waals surface area contributed by atoms with Crippen molar-refractivity contribution in [2.24, 2.45) is 4.99 Å². The Morgan fingerprint density at radius 2 is 1.85 bits per heavy atom. The van der Waals surface area contributed by atoms with E-state index in [4.69, 9.17) is 0 Å². The van der Waals surface area contributed by atoms with Crippen LogP contribution in [0.25, 0.3) is 0 Å². The van der Waals surface area contributed by atoms with Crippen LogP contribution in [0.4, 0.5) is 15.8 Å². The summed E-state index contributed by atoms with van der Waals surface area (Å²) in [7, 11) is 0. The number of nitrogens with one attached hydrogen (secondary N) is 2. The van der Waals surface area contributed by atoms with Gasteiger partial charge >= 0.3 is 0 Å². The molecule has 1 amide bonds. The summed E-state index contributed by atoms with van der Waals surface area (Å²) in [6, 6.07) is 12.6. The highest BCUT2D eigenvalue weighted by atomic mass is 19.1. The van der Waals surface area contributed by atoms with E-state index >= 15 is 0 Å². The first-order valence-corrected chi connectivity index (χ1v) is 8.11. The number of hydrogen-bond donors (Lipinski definition) is 2. The van der Waals surface area contributed by atoms with Crippen molar-refractivity contribution in [3.8, 4) is 0 Å². The molecule has 134 valence electrons. The average molecular weight is 354 g/mol. The van der Waals surface area contributed by atoms with Crippen LogP contribution in [0.5, 0.6) is 0 Å². The molecule has 0 aliphatic carbocycles. The molecule has 6 nitrogen and oxygen atoms in total. The van der Waals surface area contributed by atoms with Crippen LogP contribution in [0.3, 0.4) is 0 Å². The van der Waals surface area contributed by atoms with Gasteiger partial charge in [-0.1, -0.05) is 12.1 Å². The number of anilines is 2. The van der Waals surface area contributed by atoms with Gasteiger partial charge in [0.25, 0.3) is 5.91 Å². The van der Waals surface area contributed by atoms with Gasteiger partial charge in [0.15, 0.2) is 5.78 Å². The number of amides is 1. The Morgan fingerprint density at radius 1 is 1.15 bits per heavy atom. The fraction of sp³-hybridized carbons (Fsp3) is 0.211. The second kappa shape index (κ2) is 6.59. The largest absolute Gasteiger partial charge is 0.319 e. The van der Waals surface area contributed by atoms with Gasteiger partial charge < -0.3 is 5.32 Å². The van der Waals surface area contributed by atoms with Crippen molar-refractivity contribution in [2.75, 3.05) is 10.3 Å². The van der Waals surface area contributed by atoms with Crippen LogP contribution in [0, 0.1) is 5.82 Å². The minimum atomic E-state index is -0.731. The van der Waals surface area contributed by atoms with Crippen molar-refractivity contribution in [1.82, 2.24) is 5.43 Å². The molecule has 1 aliphatic heterocycles. The Hall–Kier alpha value is -3.22. The maximum Gasteiger partial charge on any atom is 0.292 e. The van der Waals surface area contributed by atoms with Crippen LogP contribution in [-0.2, 0) is 4.79 Å². The average Bonchev–Trinajstić information content (AvgIpc) is 2.92. The van der Waals surface area contributed by atoms with Gasteiger partial charge in [-0.2, -0.15) is 0 Å². The number of carbonyl (C=O) groups is 2. The van der Waals surface area contributed by atoms with Crippen LogP contribution in [0.2, 0.25) is 0 Å². The van der Waals surface area contributed by atoms with Gasteiger partial charge in [0.1, 0.15) is 11.5 Å². The Kier molecular flexibility index (Phi) is 4.46. The monoisotopic (exact) mass is 354 g/mol. The Balaban J connectivity index is 1.79. The number of ketones is 1. The summed E-state index contributed by atoms with van der Waals surface area (Å²) in [4.78, 5) is 28.5. The summed E-state index contributed by atoms with van der Waals surface area (Å²) < 4.78 is 13.0. The van der Waals surface area contributed by atoms with Crippen molar-refractivity contribution >= 4 is 28.9 Å². The molecule has 1 heterocycles. The van der Waals surface area contributed by atoms with E-state index < -0.39 is 11.6 Å². The maximum atomic E-state index is 13.0. The summed E-state index contributed by atoms with van der Waals surface area (Å²) in [5.74, 6) is -0.724. The molecule has 0 radical (unpaired) electrons. The molecule has 0 fully saturated rings. The van der Waals surface area contributed by atoms with E-state index in [1.165, 1.54) is 31.2 Å². The molecule has 2 aromatic carbocycles. The van der Waals surface area contributed by atoms with Gasteiger partial charge in [0.05, 0.1) is 5.69 Å². The van der Waals surface area contributed by atoms with E-state index in [0.717, 1.165) is 5.69 Å². The van der Waals surface area contributed by atoms with Gasteiger partial charge in [-0.3, -0.25) is 20.0 Å². The Bertz CT molecular complexity index is 891. The number of nitrogens with zero attached hydrogens (tertiary/aromatic N) is 2. The molecule has 1 aliphatic rings. The molecule has 0 saturated carbocycles. The zero-order valence-corrected chi connectivity index (χ0v) is 14.7. The van der Waals surface area contributed by atoms with Crippen LogP contribution in [0.1, 0.15) is 31.1 Å². The predicted molar refractivity (Wildman–Crippen MR) is 98.6 cm³/mol. The van der Waals surface area contributed by atoms with Crippen LogP contribution >= 0.6 is 0 Å². The fourth-order valence-electron chi connectivity index (χ4n) is 2.66. The molecule has 0 bridgehead atoms. The van der Waals surface area contributed by atoms with Crippen molar-refractivity contribution < 1.29 is 14.0 Å². The topological polar surface area (TPSA) is 73.8 Å². The lowest BCUT2D eigenvalue weighted by molar-refractivity contribution is -0.110. The summed E-state index contributed by atoms with van der Waals surface area (Å²) in [5.41, 5.74) is 4.01. The molecule has 0 spiro atoms. The van der Waals surface area contributed by atoms with E-state index in [-0.39, 0.29) is 17.4 Å². The number of carbonyl (C=O) groups excluding carboxylic acids is 2. The lowest BCUT2D eigenvalue weighted by Gasteiger charge is -2.31. The number of benzene rings is 2. The quantitative estimate of drug-likeness (QED) is 0.828. The Morgan fingerprint density at radius 3 is 2.50 bits per heavy atom. The third-order valence-electron chi connectivity index (χ3n) is 3.98. The van der Waals surface area contributed by atoms with Crippen LogP contribution in [-0.4, -0.2) is 23.2 Å². The molecular weight excluding hydrogens is 335 g/mol. The first-order chi connectivity index (χ1) is 12.3. The van der Waals surface area contributed by atoms with Gasteiger partial charge in [-0.15, -0.1) is 0 Å². The van der Waals surface area contributed by atoms with E-state index in [1.807, 2.05) is 19.9 Å². The van der Waals surface area contributed by atoms with E-state index in [9.17, 15) is 14.0 Å². The van der Waals surface area contributed by atoms with Crippen LogP contribution in [0.15, 0.2) is 53.5 Å². The third kappa shape index (κ3) is 3.56. The third-order valence-corrected chi connectivity index (χ3v) is 3.98. The molecule has 0 unspecified atom stereocenters. The summed E-state index contributed by atoms with van der Waals surface area (Å²) in [6.45, 7) is 5.19. The van der Waals surface area contributed by atoms with E-state index in [1.54, 1.807) is 23.2 Å². The van der Waals surface area contributed by atoms with E-state index in [2.05, 4.69) is 15.7 Å². The van der Waals surface area contributed by atoms with Gasteiger partial charge in [0, 0.05) is 11.3 Å². The second-order valence-electron chi connectivity index (χ2n) is 6.47. The van der Waals surface area contributed by atoms with Crippen molar-refractivity contribution in [3.05, 3.63) is 59.9 Å². The van der Waals surface area contributed by atoms with Gasteiger partial charge in [0.2, 0.25) is 5.84 Å². The molecule has 7 heteroatoms. The first kappa shape index (κ1) is 17.6. The fourth-order valence-corrected chi connectivity index (χ4v) is 2.66. The van der Waals surface area contributed by atoms with Crippen molar-refractivity contribution in [2.45, 2.75) is 26.4 Å². The lowest BCUT2D eigenvalue weighted by Crippen LogP contribution is -2.48. The first-order valence-electron chi connectivity index (χ1n) is 8.11. The maximum absolute atomic E-state index is 13.0. The number of amidine groups is 1. The molecule has 3 rings (SSSR count). The highest BCUT2D eigenvalue weighted by molar-refractivity contribution is 6.43. The lowest BCUT2D eigenvalue weighted by atomic mass is 10.1. The Labute approximate surface area is 150 Å². The summed E-state index contributed by atoms with van der Waals surface area (Å²) in [6.07, 6.45) is 0. The second-order valence-corrected chi connectivity index (χ2v) is 6.47. The minimum absolute atomic E-state index is 0.0425. The normalized spacial score (nSPS) is 15.2.